The highest BCUT2D eigenvalue weighted by Crippen LogP contribution is 2.31. The third kappa shape index (κ3) is 5.17. The lowest BCUT2D eigenvalue weighted by molar-refractivity contribution is 0.175. The summed E-state index contributed by atoms with van der Waals surface area (Å²) >= 11 is 0. The van der Waals surface area contributed by atoms with E-state index in [0.29, 0.717) is 24.5 Å². The van der Waals surface area contributed by atoms with Gasteiger partial charge in [0.05, 0.1) is 6.61 Å². The van der Waals surface area contributed by atoms with Gasteiger partial charge < -0.3 is 10.1 Å². The smallest absolute Gasteiger partial charge is 0.126 e. The summed E-state index contributed by atoms with van der Waals surface area (Å²) in [5.41, 5.74) is 0.640. The summed E-state index contributed by atoms with van der Waals surface area (Å²) in [6, 6.07) is 3.74. The monoisotopic (exact) mass is 285 g/mol. The van der Waals surface area contributed by atoms with E-state index in [9.17, 15) is 8.78 Å². The summed E-state index contributed by atoms with van der Waals surface area (Å²) in [6.07, 6.45) is 0.638. The number of nitrogens with one attached hydrogen (secondary N) is 1. The highest BCUT2D eigenvalue weighted by Gasteiger charge is 2.28. The fourth-order valence-corrected chi connectivity index (χ4v) is 2.20. The Kier molecular flexibility index (Phi) is 6.56. The number of hydrogen-bond acceptors (Lipinski definition) is 2. The van der Waals surface area contributed by atoms with E-state index in [-0.39, 0.29) is 5.41 Å². The summed E-state index contributed by atoms with van der Waals surface area (Å²) in [7, 11) is 1.67. The van der Waals surface area contributed by atoms with Crippen LogP contribution < -0.4 is 5.32 Å². The van der Waals surface area contributed by atoms with Crippen LogP contribution in [0, 0.1) is 23.0 Å². The van der Waals surface area contributed by atoms with Crippen LogP contribution in [0.25, 0.3) is 0 Å². The van der Waals surface area contributed by atoms with Crippen LogP contribution in [0.4, 0.5) is 8.78 Å². The van der Waals surface area contributed by atoms with Crippen molar-refractivity contribution in [1.82, 2.24) is 5.32 Å². The Balaban J connectivity index is 2.74. The fraction of sp³-hybridized carbons (Fsp3) is 0.625. The van der Waals surface area contributed by atoms with Crippen molar-refractivity contribution in [3.05, 3.63) is 35.4 Å². The second-order valence-electron chi connectivity index (χ2n) is 5.93. The molecule has 0 aliphatic heterocycles. The van der Waals surface area contributed by atoms with Gasteiger partial charge in [-0.3, -0.25) is 0 Å². The molecule has 0 aliphatic rings. The molecule has 1 N–H and O–H groups in total. The summed E-state index contributed by atoms with van der Waals surface area (Å²) in [6.45, 7) is 8.62. The standard InChI is InChI=1S/C16H25F2NO/c1-12(2)16(3,11-19-5-6-20-4)10-13-7-14(17)9-15(18)8-13/h7-9,12,19H,5-6,10-11H2,1-4H3. The maximum Gasteiger partial charge on any atom is 0.126 e. The number of halogens is 2. The zero-order valence-corrected chi connectivity index (χ0v) is 12.8. The van der Waals surface area contributed by atoms with E-state index >= 15 is 0 Å². The van der Waals surface area contributed by atoms with Crippen molar-refractivity contribution >= 4 is 0 Å². The van der Waals surface area contributed by atoms with E-state index in [1.54, 1.807) is 7.11 Å². The van der Waals surface area contributed by atoms with Crippen molar-refractivity contribution in [2.75, 3.05) is 26.8 Å². The molecule has 2 nitrogen and oxygen atoms in total. The molecule has 4 heteroatoms. The lowest BCUT2D eigenvalue weighted by Crippen LogP contribution is -2.39. The van der Waals surface area contributed by atoms with Crippen LogP contribution in [0.2, 0.25) is 0 Å². The molecule has 0 heterocycles. The first-order valence-electron chi connectivity index (χ1n) is 7.02. The molecule has 1 atom stereocenters. The minimum atomic E-state index is -0.515. The van der Waals surface area contributed by atoms with E-state index in [2.05, 4.69) is 26.1 Å². The molecule has 1 aromatic rings. The Morgan fingerprint density at radius 3 is 2.30 bits per heavy atom. The van der Waals surface area contributed by atoms with Crippen molar-refractivity contribution in [3.8, 4) is 0 Å². The summed E-state index contributed by atoms with van der Waals surface area (Å²) < 4.78 is 31.6. The van der Waals surface area contributed by atoms with E-state index in [4.69, 9.17) is 4.74 Å². The second-order valence-corrected chi connectivity index (χ2v) is 5.93. The van der Waals surface area contributed by atoms with Crippen LogP contribution >= 0.6 is 0 Å². The second kappa shape index (κ2) is 7.70. The van der Waals surface area contributed by atoms with E-state index in [1.165, 1.54) is 12.1 Å². The van der Waals surface area contributed by atoms with Crippen LogP contribution in [0.15, 0.2) is 18.2 Å². The van der Waals surface area contributed by atoms with Crippen molar-refractivity contribution in [1.29, 1.82) is 0 Å². The van der Waals surface area contributed by atoms with Crippen molar-refractivity contribution < 1.29 is 13.5 Å². The molecule has 114 valence electrons. The molecule has 0 spiro atoms. The zero-order valence-electron chi connectivity index (χ0n) is 12.8. The largest absolute Gasteiger partial charge is 0.383 e. The number of benzene rings is 1. The number of rotatable bonds is 8. The van der Waals surface area contributed by atoms with E-state index in [1.807, 2.05) is 0 Å². The molecule has 0 aliphatic carbocycles. The number of methoxy groups -OCH3 is 1. The maximum atomic E-state index is 13.3. The number of ether oxygens (including phenoxy) is 1. The normalized spacial score (nSPS) is 14.6. The molecule has 1 aromatic carbocycles. The van der Waals surface area contributed by atoms with E-state index in [0.717, 1.165) is 19.2 Å². The summed E-state index contributed by atoms with van der Waals surface area (Å²) in [5.74, 6) is -0.638. The first-order chi connectivity index (χ1) is 9.37. The van der Waals surface area contributed by atoms with Gasteiger partial charge in [0.2, 0.25) is 0 Å². The minimum absolute atomic E-state index is 0.0615. The van der Waals surface area contributed by atoms with Crippen molar-refractivity contribution in [2.45, 2.75) is 27.2 Å². The van der Waals surface area contributed by atoms with Gasteiger partial charge in [0.1, 0.15) is 11.6 Å². The quantitative estimate of drug-likeness (QED) is 0.739. The molecule has 0 radical (unpaired) electrons. The lowest BCUT2D eigenvalue weighted by atomic mass is 9.74. The topological polar surface area (TPSA) is 21.3 Å². The third-order valence-corrected chi connectivity index (χ3v) is 3.94. The third-order valence-electron chi connectivity index (χ3n) is 3.94. The van der Waals surface area contributed by atoms with Gasteiger partial charge in [-0.15, -0.1) is 0 Å². The molecule has 20 heavy (non-hydrogen) atoms. The molecule has 0 amide bonds. The van der Waals surface area contributed by atoms with Crippen LogP contribution in [0.5, 0.6) is 0 Å². The molecule has 1 rings (SSSR count). The number of hydrogen-bond donors (Lipinski definition) is 1. The maximum absolute atomic E-state index is 13.3. The molecule has 0 fully saturated rings. The average Bonchev–Trinajstić information content (AvgIpc) is 2.33. The predicted octanol–water partition coefficient (Wildman–Crippen LogP) is 3.41. The van der Waals surface area contributed by atoms with E-state index < -0.39 is 11.6 Å². The Morgan fingerprint density at radius 1 is 1.20 bits per heavy atom. The molecule has 0 bridgehead atoms. The molecular weight excluding hydrogens is 260 g/mol. The molecule has 0 aromatic heterocycles. The van der Waals surface area contributed by atoms with Crippen LogP contribution in [-0.4, -0.2) is 26.8 Å². The molecule has 0 saturated carbocycles. The average molecular weight is 285 g/mol. The van der Waals surface area contributed by atoms with Crippen LogP contribution in [-0.2, 0) is 11.2 Å². The van der Waals surface area contributed by atoms with Crippen molar-refractivity contribution in [3.63, 3.8) is 0 Å². The minimum Gasteiger partial charge on any atom is -0.383 e. The van der Waals surface area contributed by atoms with Crippen molar-refractivity contribution in [2.24, 2.45) is 11.3 Å². The Hall–Kier alpha value is -1.00. The fourth-order valence-electron chi connectivity index (χ4n) is 2.20. The molecule has 1 unspecified atom stereocenters. The van der Waals surface area contributed by atoms with Gasteiger partial charge in [0.15, 0.2) is 0 Å². The van der Waals surface area contributed by atoms with Gasteiger partial charge in [-0.1, -0.05) is 20.8 Å². The first kappa shape index (κ1) is 17.1. The first-order valence-corrected chi connectivity index (χ1v) is 7.02. The summed E-state index contributed by atoms with van der Waals surface area (Å²) in [5, 5.41) is 3.35. The van der Waals surface area contributed by atoms with Gasteiger partial charge in [-0.05, 0) is 35.4 Å². The summed E-state index contributed by atoms with van der Waals surface area (Å²) in [4.78, 5) is 0. The van der Waals surface area contributed by atoms with Gasteiger partial charge in [0.25, 0.3) is 0 Å². The Morgan fingerprint density at radius 2 is 1.80 bits per heavy atom. The van der Waals surface area contributed by atoms with Gasteiger partial charge in [-0.25, -0.2) is 8.78 Å². The predicted molar refractivity (Wildman–Crippen MR) is 77.8 cm³/mol. The Bertz CT molecular complexity index is 403. The molecular formula is C16H25F2NO. The highest BCUT2D eigenvalue weighted by molar-refractivity contribution is 5.19. The molecule has 0 saturated heterocycles. The Labute approximate surface area is 120 Å². The van der Waals surface area contributed by atoms with Gasteiger partial charge in [0, 0.05) is 26.3 Å². The zero-order chi connectivity index (χ0) is 15.2. The SMILES string of the molecule is COCCNCC(C)(Cc1cc(F)cc(F)c1)C(C)C. The van der Waals surface area contributed by atoms with Crippen LogP contribution in [0.3, 0.4) is 0 Å². The highest BCUT2D eigenvalue weighted by atomic mass is 19.1. The van der Waals surface area contributed by atoms with Gasteiger partial charge in [-0.2, -0.15) is 0 Å². The lowest BCUT2D eigenvalue weighted by Gasteiger charge is -2.34. The van der Waals surface area contributed by atoms with Gasteiger partial charge >= 0.3 is 0 Å². The van der Waals surface area contributed by atoms with Crippen LogP contribution in [0.1, 0.15) is 26.3 Å².